The Hall–Kier alpha value is -3.46. The SMILES string of the molecule is CN(N)/C(COC(=O)Oc1ccc(N)cc1)=C(\N)c1ccc(OC2CCCCC2)cn1. The maximum atomic E-state index is 12.0. The van der Waals surface area contributed by atoms with Crippen LogP contribution in [0, 0.1) is 0 Å². The molecular weight excluding hydrogens is 398 g/mol. The van der Waals surface area contributed by atoms with Gasteiger partial charge in [-0.25, -0.2) is 10.6 Å². The molecule has 3 rings (SSSR count). The number of hydrazine groups is 1. The van der Waals surface area contributed by atoms with Gasteiger partial charge in [0.05, 0.1) is 29.4 Å². The number of carbonyl (C=O) groups is 1. The lowest BCUT2D eigenvalue weighted by Crippen LogP contribution is -2.31. The number of nitrogens with two attached hydrogens (primary N) is 3. The Morgan fingerprint density at radius 3 is 2.39 bits per heavy atom. The summed E-state index contributed by atoms with van der Waals surface area (Å²) in [5.74, 6) is 6.90. The lowest BCUT2D eigenvalue weighted by Gasteiger charge is -2.23. The van der Waals surface area contributed by atoms with E-state index >= 15 is 0 Å². The highest BCUT2D eigenvalue weighted by Gasteiger charge is 2.17. The van der Waals surface area contributed by atoms with Gasteiger partial charge in [-0.3, -0.25) is 4.98 Å². The summed E-state index contributed by atoms with van der Waals surface area (Å²) < 4.78 is 16.3. The Morgan fingerprint density at radius 2 is 1.77 bits per heavy atom. The minimum absolute atomic E-state index is 0.186. The van der Waals surface area contributed by atoms with Crippen molar-refractivity contribution in [2.24, 2.45) is 11.6 Å². The van der Waals surface area contributed by atoms with Crippen LogP contribution in [-0.2, 0) is 4.74 Å². The summed E-state index contributed by atoms with van der Waals surface area (Å²) in [7, 11) is 1.59. The van der Waals surface area contributed by atoms with E-state index in [0.717, 1.165) is 12.8 Å². The summed E-state index contributed by atoms with van der Waals surface area (Å²) in [5.41, 5.74) is 13.6. The molecule has 0 spiro atoms. The summed E-state index contributed by atoms with van der Waals surface area (Å²) in [6.07, 6.45) is 6.77. The van der Waals surface area contributed by atoms with Crippen LogP contribution in [0.5, 0.6) is 11.5 Å². The molecule has 0 bridgehead atoms. The second-order valence-electron chi connectivity index (χ2n) is 7.44. The number of nitrogen functional groups attached to an aromatic ring is 1. The quantitative estimate of drug-likeness (QED) is 0.200. The molecule has 2 aromatic rings. The van der Waals surface area contributed by atoms with Crippen molar-refractivity contribution in [2.75, 3.05) is 19.4 Å². The standard InChI is InChI=1S/C22H29N5O4/c1-27(25)20(14-29-22(28)31-17-9-7-15(23)8-10-17)21(24)19-12-11-18(13-26-19)30-16-5-3-2-4-6-16/h7-13,16H,2-6,14,23-25H2,1H3/b21-20-. The predicted octanol–water partition coefficient (Wildman–Crippen LogP) is 3.02. The van der Waals surface area contributed by atoms with E-state index in [1.54, 1.807) is 43.6 Å². The molecule has 0 atom stereocenters. The molecule has 166 valence electrons. The average molecular weight is 428 g/mol. The first-order valence-electron chi connectivity index (χ1n) is 10.2. The maximum Gasteiger partial charge on any atom is 0.514 e. The molecule has 6 N–H and O–H groups in total. The predicted molar refractivity (Wildman–Crippen MR) is 118 cm³/mol. The Morgan fingerprint density at radius 1 is 1.10 bits per heavy atom. The Bertz CT molecular complexity index is 891. The highest BCUT2D eigenvalue weighted by Crippen LogP contribution is 2.24. The van der Waals surface area contributed by atoms with Crippen molar-refractivity contribution in [3.05, 3.63) is 54.0 Å². The number of benzene rings is 1. The maximum absolute atomic E-state index is 12.0. The number of pyridine rings is 1. The van der Waals surface area contributed by atoms with E-state index in [-0.39, 0.29) is 18.4 Å². The molecule has 1 aliphatic carbocycles. The van der Waals surface area contributed by atoms with Gasteiger partial charge in [0, 0.05) is 12.7 Å². The average Bonchev–Trinajstić information content (AvgIpc) is 2.76. The second-order valence-corrected chi connectivity index (χ2v) is 7.44. The molecule has 0 aliphatic heterocycles. The zero-order chi connectivity index (χ0) is 22.2. The molecule has 1 aromatic carbocycles. The van der Waals surface area contributed by atoms with Gasteiger partial charge in [-0.2, -0.15) is 0 Å². The topological polar surface area (TPSA) is 139 Å². The molecule has 1 heterocycles. The van der Waals surface area contributed by atoms with E-state index < -0.39 is 6.16 Å². The number of rotatable bonds is 7. The molecule has 0 saturated heterocycles. The van der Waals surface area contributed by atoms with Crippen LogP contribution in [0.2, 0.25) is 0 Å². The molecule has 1 saturated carbocycles. The first kappa shape index (κ1) is 22.2. The Kier molecular flexibility index (Phi) is 7.55. The summed E-state index contributed by atoms with van der Waals surface area (Å²) >= 11 is 0. The van der Waals surface area contributed by atoms with E-state index in [1.807, 2.05) is 6.07 Å². The molecule has 0 unspecified atom stereocenters. The second kappa shape index (κ2) is 10.5. The van der Waals surface area contributed by atoms with Gasteiger partial charge in [0.2, 0.25) is 0 Å². The fraction of sp³-hybridized carbons (Fsp3) is 0.364. The molecule has 1 fully saturated rings. The normalized spacial score (nSPS) is 15.0. The summed E-state index contributed by atoms with van der Waals surface area (Å²) in [5, 5.41) is 1.28. The van der Waals surface area contributed by atoms with Crippen molar-refractivity contribution in [1.82, 2.24) is 9.99 Å². The van der Waals surface area contributed by atoms with Crippen LogP contribution in [0.1, 0.15) is 37.8 Å². The van der Waals surface area contributed by atoms with E-state index in [4.69, 9.17) is 31.5 Å². The van der Waals surface area contributed by atoms with Gasteiger partial charge < -0.3 is 30.7 Å². The monoisotopic (exact) mass is 427 g/mol. The largest absolute Gasteiger partial charge is 0.514 e. The van der Waals surface area contributed by atoms with Crippen molar-refractivity contribution >= 4 is 17.5 Å². The van der Waals surface area contributed by atoms with Crippen LogP contribution < -0.4 is 26.8 Å². The van der Waals surface area contributed by atoms with E-state index in [1.165, 1.54) is 24.3 Å². The molecule has 9 nitrogen and oxygen atoms in total. The molecular formula is C22H29N5O4. The first-order valence-corrected chi connectivity index (χ1v) is 10.2. The van der Waals surface area contributed by atoms with Gasteiger partial charge >= 0.3 is 6.16 Å². The Balaban J connectivity index is 1.62. The lowest BCUT2D eigenvalue weighted by atomic mass is 9.98. The number of ether oxygens (including phenoxy) is 3. The number of hydrogen-bond donors (Lipinski definition) is 3. The van der Waals surface area contributed by atoms with E-state index in [2.05, 4.69) is 4.98 Å². The van der Waals surface area contributed by atoms with Crippen LogP contribution in [-0.4, -0.2) is 35.9 Å². The molecule has 0 amide bonds. The van der Waals surface area contributed by atoms with Gasteiger partial charge in [0.1, 0.15) is 18.1 Å². The number of nitrogens with zero attached hydrogens (tertiary/aromatic N) is 2. The summed E-state index contributed by atoms with van der Waals surface area (Å²) in [4.78, 5) is 16.4. The fourth-order valence-electron chi connectivity index (χ4n) is 3.29. The Labute approximate surface area is 181 Å². The van der Waals surface area contributed by atoms with E-state index in [0.29, 0.717) is 28.6 Å². The molecule has 9 heteroatoms. The van der Waals surface area contributed by atoms with Gasteiger partial charge in [0.25, 0.3) is 0 Å². The minimum Gasteiger partial charge on any atom is -0.489 e. The molecule has 0 radical (unpaired) electrons. The highest BCUT2D eigenvalue weighted by atomic mass is 16.7. The van der Waals surface area contributed by atoms with Crippen molar-refractivity contribution in [2.45, 2.75) is 38.2 Å². The zero-order valence-corrected chi connectivity index (χ0v) is 17.6. The van der Waals surface area contributed by atoms with Crippen LogP contribution in [0.15, 0.2) is 48.3 Å². The van der Waals surface area contributed by atoms with Crippen molar-refractivity contribution in [1.29, 1.82) is 0 Å². The fourth-order valence-corrected chi connectivity index (χ4v) is 3.29. The van der Waals surface area contributed by atoms with Gasteiger partial charge in [-0.15, -0.1) is 0 Å². The number of carbonyl (C=O) groups excluding carboxylic acids is 1. The highest BCUT2D eigenvalue weighted by molar-refractivity contribution is 5.66. The van der Waals surface area contributed by atoms with Crippen molar-refractivity contribution < 1.29 is 19.0 Å². The molecule has 1 aliphatic rings. The minimum atomic E-state index is -0.888. The summed E-state index contributed by atoms with van der Waals surface area (Å²) in [6, 6.07) is 9.95. The van der Waals surface area contributed by atoms with Gasteiger partial charge in [-0.1, -0.05) is 6.42 Å². The zero-order valence-electron chi connectivity index (χ0n) is 17.6. The third-order valence-electron chi connectivity index (χ3n) is 5.01. The number of anilines is 1. The first-order chi connectivity index (χ1) is 14.9. The number of likely N-dealkylation sites (N-methyl/N-ethyl adjacent to an activating group) is 1. The third-order valence-corrected chi connectivity index (χ3v) is 5.01. The number of hydrogen-bond acceptors (Lipinski definition) is 9. The van der Waals surface area contributed by atoms with Gasteiger partial charge in [0.15, 0.2) is 0 Å². The van der Waals surface area contributed by atoms with Crippen LogP contribution in [0.4, 0.5) is 10.5 Å². The lowest BCUT2D eigenvalue weighted by molar-refractivity contribution is 0.101. The molecule has 1 aromatic heterocycles. The van der Waals surface area contributed by atoms with Crippen LogP contribution >= 0.6 is 0 Å². The van der Waals surface area contributed by atoms with Crippen molar-refractivity contribution in [3.63, 3.8) is 0 Å². The molecule has 31 heavy (non-hydrogen) atoms. The smallest absolute Gasteiger partial charge is 0.489 e. The number of aromatic nitrogens is 1. The van der Waals surface area contributed by atoms with E-state index in [9.17, 15) is 4.79 Å². The van der Waals surface area contributed by atoms with Gasteiger partial charge in [-0.05, 0) is 62.1 Å². The van der Waals surface area contributed by atoms with Crippen LogP contribution in [0.3, 0.4) is 0 Å². The van der Waals surface area contributed by atoms with Crippen LogP contribution in [0.25, 0.3) is 5.70 Å². The third kappa shape index (κ3) is 6.51. The summed E-state index contributed by atoms with van der Waals surface area (Å²) in [6.45, 7) is -0.186. The van der Waals surface area contributed by atoms with Crippen molar-refractivity contribution in [3.8, 4) is 11.5 Å².